The molecule has 0 atom stereocenters. The van der Waals surface area contributed by atoms with Crippen LogP contribution in [-0.4, -0.2) is 44.2 Å². The number of Topliss-reactive ketones (excluding diaryl/α,β-unsaturated/α-hetero) is 1. The number of ether oxygens (including phenoxy) is 2. The fourth-order valence-corrected chi connectivity index (χ4v) is 4.92. The smallest absolute Gasteiger partial charge is 0.338 e. The second-order valence-electron chi connectivity index (χ2n) is 6.62. The molecule has 0 saturated heterocycles. The van der Waals surface area contributed by atoms with Crippen LogP contribution in [0.5, 0.6) is 5.75 Å². The zero-order chi connectivity index (χ0) is 23.2. The molecule has 7 nitrogen and oxygen atoms in total. The first kappa shape index (κ1) is 24.8. The highest BCUT2D eigenvalue weighted by atomic mass is 35.5. The molecule has 0 aliphatic carbocycles. The standard InChI is InChI=1S/C22H26ClNO6S/c1-5-24(6-2)31(27,28)21-13-17(8-10-19(21)23)22(26)30-14-18-12-16(15(4)25)9-11-20(18)29-7-3/h8-13H,5-7,14H2,1-4H3. The van der Waals surface area contributed by atoms with Crippen molar-refractivity contribution in [3.8, 4) is 5.75 Å². The SMILES string of the molecule is CCOc1ccc(C(C)=O)cc1COC(=O)c1ccc(Cl)c(S(=O)(=O)N(CC)CC)c1. The molecule has 31 heavy (non-hydrogen) atoms. The Hall–Kier alpha value is -2.42. The molecule has 2 rings (SSSR count). The van der Waals surface area contributed by atoms with Gasteiger partial charge in [0.2, 0.25) is 10.0 Å². The second-order valence-corrected chi connectivity index (χ2v) is 8.94. The lowest BCUT2D eigenvalue weighted by molar-refractivity contribution is 0.0469. The fourth-order valence-electron chi connectivity index (χ4n) is 2.96. The second kappa shape index (κ2) is 10.7. The zero-order valence-corrected chi connectivity index (χ0v) is 19.5. The summed E-state index contributed by atoms with van der Waals surface area (Å²) < 4.78 is 37.8. The molecule has 0 N–H and O–H groups in total. The number of halogens is 1. The molecule has 2 aromatic rings. The molecule has 0 aliphatic rings. The predicted molar refractivity (Wildman–Crippen MR) is 118 cm³/mol. The van der Waals surface area contributed by atoms with Crippen molar-refractivity contribution in [3.05, 3.63) is 58.1 Å². The summed E-state index contributed by atoms with van der Waals surface area (Å²) in [4.78, 5) is 24.1. The van der Waals surface area contributed by atoms with Gasteiger partial charge in [-0.25, -0.2) is 13.2 Å². The minimum absolute atomic E-state index is 0.0243. The molecule has 0 fully saturated rings. The molecule has 168 valence electrons. The number of carbonyl (C=O) groups is 2. The van der Waals surface area contributed by atoms with E-state index in [0.29, 0.717) is 23.5 Å². The maximum atomic E-state index is 12.8. The van der Waals surface area contributed by atoms with Crippen LogP contribution >= 0.6 is 11.6 Å². The summed E-state index contributed by atoms with van der Waals surface area (Å²) in [6, 6.07) is 8.88. The Morgan fingerprint density at radius 2 is 1.65 bits per heavy atom. The quantitative estimate of drug-likeness (QED) is 0.381. The zero-order valence-electron chi connectivity index (χ0n) is 18.0. The van der Waals surface area contributed by atoms with Gasteiger partial charge in [-0.1, -0.05) is 25.4 Å². The van der Waals surface area contributed by atoms with E-state index >= 15 is 0 Å². The van der Waals surface area contributed by atoms with Gasteiger partial charge in [0.15, 0.2) is 5.78 Å². The van der Waals surface area contributed by atoms with Gasteiger partial charge in [-0.3, -0.25) is 4.79 Å². The van der Waals surface area contributed by atoms with Crippen molar-refractivity contribution in [1.29, 1.82) is 0 Å². The normalized spacial score (nSPS) is 11.4. The number of sulfonamides is 1. The van der Waals surface area contributed by atoms with Crippen molar-refractivity contribution in [2.75, 3.05) is 19.7 Å². The molecule has 9 heteroatoms. The number of hydrogen-bond donors (Lipinski definition) is 0. The van der Waals surface area contributed by atoms with Crippen LogP contribution in [0.1, 0.15) is 54.0 Å². The summed E-state index contributed by atoms with van der Waals surface area (Å²) in [6.45, 7) is 7.51. The molecule has 0 spiro atoms. The van der Waals surface area contributed by atoms with E-state index in [9.17, 15) is 18.0 Å². The first-order chi connectivity index (χ1) is 14.6. The van der Waals surface area contributed by atoms with Crippen molar-refractivity contribution >= 4 is 33.4 Å². The van der Waals surface area contributed by atoms with Gasteiger partial charge >= 0.3 is 5.97 Å². The highest BCUT2D eigenvalue weighted by Gasteiger charge is 2.26. The summed E-state index contributed by atoms with van der Waals surface area (Å²) in [5, 5.41) is 0.0243. The molecule has 0 radical (unpaired) electrons. The van der Waals surface area contributed by atoms with Crippen LogP contribution < -0.4 is 4.74 Å². The van der Waals surface area contributed by atoms with E-state index in [2.05, 4.69) is 0 Å². The summed E-state index contributed by atoms with van der Waals surface area (Å²) in [5.74, 6) is -0.343. The van der Waals surface area contributed by atoms with Crippen LogP contribution in [0, 0.1) is 0 Å². The molecule has 0 bridgehead atoms. The summed E-state index contributed by atoms with van der Waals surface area (Å²) >= 11 is 6.11. The van der Waals surface area contributed by atoms with Gasteiger partial charge in [-0.2, -0.15) is 4.31 Å². The topological polar surface area (TPSA) is 90.0 Å². The van der Waals surface area contributed by atoms with Crippen LogP contribution in [0.25, 0.3) is 0 Å². The van der Waals surface area contributed by atoms with E-state index < -0.39 is 16.0 Å². The largest absolute Gasteiger partial charge is 0.493 e. The van der Waals surface area contributed by atoms with E-state index in [-0.39, 0.29) is 41.0 Å². The molecule has 0 amide bonds. The summed E-state index contributed by atoms with van der Waals surface area (Å²) in [7, 11) is -3.85. The minimum atomic E-state index is -3.85. The van der Waals surface area contributed by atoms with Gasteiger partial charge in [0.25, 0.3) is 0 Å². The Kier molecular flexibility index (Phi) is 8.61. The maximum Gasteiger partial charge on any atom is 0.338 e. The number of nitrogens with zero attached hydrogens (tertiary/aromatic N) is 1. The van der Waals surface area contributed by atoms with Crippen molar-refractivity contribution in [2.45, 2.75) is 39.2 Å². The minimum Gasteiger partial charge on any atom is -0.493 e. The number of benzene rings is 2. The van der Waals surface area contributed by atoms with Crippen molar-refractivity contribution in [1.82, 2.24) is 4.31 Å². The lowest BCUT2D eigenvalue weighted by Gasteiger charge is -2.19. The molecule has 0 aromatic heterocycles. The lowest BCUT2D eigenvalue weighted by atomic mass is 10.1. The van der Waals surface area contributed by atoms with E-state index in [1.807, 2.05) is 6.92 Å². The van der Waals surface area contributed by atoms with E-state index in [1.54, 1.807) is 32.0 Å². The van der Waals surface area contributed by atoms with Gasteiger partial charge in [-0.05, 0) is 50.2 Å². The van der Waals surface area contributed by atoms with Gasteiger partial charge in [0, 0.05) is 24.2 Å². The lowest BCUT2D eigenvalue weighted by Crippen LogP contribution is -2.31. The summed E-state index contributed by atoms with van der Waals surface area (Å²) in [6.07, 6.45) is 0. The number of rotatable bonds is 10. The average molecular weight is 468 g/mol. The first-order valence-corrected chi connectivity index (χ1v) is 11.7. The third-order valence-corrected chi connectivity index (χ3v) is 7.15. The predicted octanol–water partition coefficient (Wildman–Crippen LogP) is 4.33. The molecule has 0 heterocycles. The van der Waals surface area contributed by atoms with Gasteiger partial charge in [0.05, 0.1) is 17.2 Å². The monoisotopic (exact) mass is 467 g/mol. The highest BCUT2D eigenvalue weighted by Crippen LogP contribution is 2.27. The first-order valence-electron chi connectivity index (χ1n) is 9.89. The van der Waals surface area contributed by atoms with Crippen LogP contribution in [0.4, 0.5) is 0 Å². The highest BCUT2D eigenvalue weighted by molar-refractivity contribution is 7.89. The number of esters is 1. The van der Waals surface area contributed by atoms with Crippen LogP contribution in [-0.2, 0) is 21.4 Å². The summed E-state index contributed by atoms with van der Waals surface area (Å²) in [5.41, 5.74) is 1.05. The molecule has 2 aromatic carbocycles. The third kappa shape index (κ3) is 5.84. The van der Waals surface area contributed by atoms with E-state index in [0.717, 1.165) is 0 Å². The maximum absolute atomic E-state index is 12.8. The number of hydrogen-bond acceptors (Lipinski definition) is 6. The molecule has 0 unspecified atom stereocenters. The molecule has 0 saturated carbocycles. The van der Waals surface area contributed by atoms with E-state index in [4.69, 9.17) is 21.1 Å². The number of ketones is 1. The Labute approximate surface area is 188 Å². The Morgan fingerprint density at radius 3 is 2.23 bits per heavy atom. The van der Waals surface area contributed by atoms with Gasteiger partial charge in [-0.15, -0.1) is 0 Å². The van der Waals surface area contributed by atoms with Gasteiger partial charge in [0.1, 0.15) is 17.3 Å². The Bertz CT molecular complexity index is 1060. The van der Waals surface area contributed by atoms with Crippen LogP contribution in [0.3, 0.4) is 0 Å². The van der Waals surface area contributed by atoms with Crippen LogP contribution in [0.2, 0.25) is 5.02 Å². The number of carbonyl (C=O) groups excluding carboxylic acids is 2. The average Bonchev–Trinajstić information content (AvgIpc) is 2.73. The Morgan fingerprint density at radius 1 is 1.00 bits per heavy atom. The molecular weight excluding hydrogens is 442 g/mol. The van der Waals surface area contributed by atoms with Crippen LogP contribution in [0.15, 0.2) is 41.3 Å². The third-order valence-electron chi connectivity index (χ3n) is 4.62. The molecular formula is C22H26ClNO6S. The fraction of sp³-hybridized carbons (Fsp3) is 0.364. The van der Waals surface area contributed by atoms with Crippen molar-refractivity contribution in [3.63, 3.8) is 0 Å². The van der Waals surface area contributed by atoms with E-state index in [1.165, 1.54) is 29.4 Å². The molecule has 0 aliphatic heterocycles. The Balaban J connectivity index is 2.30. The van der Waals surface area contributed by atoms with Crippen molar-refractivity contribution < 1.29 is 27.5 Å². The van der Waals surface area contributed by atoms with Gasteiger partial charge < -0.3 is 9.47 Å². The van der Waals surface area contributed by atoms with Crippen molar-refractivity contribution in [2.24, 2.45) is 0 Å².